The predicted octanol–water partition coefficient (Wildman–Crippen LogP) is 6.80. The normalized spacial score (nSPS) is 11.1. The van der Waals surface area contributed by atoms with Gasteiger partial charge in [0, 0.05) is 31.1 Å². The van der Waals surface area contributed by atoms with Crippen molar-refractivity contribution in [3.8, 4) is 16.9 Å². The van der Waals surface area contributed by atoms with Gasteiger partial charge in [-0.15, -0.1) is 22.9 Å². The monoisotopic (exact) mass is 562 g/mol. The van der Waals surface area contributed by atoms with Crippen molar-refractivity contribution in [1.29, 1.82) is 0 Å². The van der Waals surface area contributed by atoms with E-state index in [1.165, 1.54) is 21.5 Å². The van der Waals surface area contributed by atoms with Crippen LogP contribution in [0.2, 0.25) is 0 Å². The Bertz CT molecular complexity index is 1510. The van der Waals surface area contributed by atoms with Gasteiger partial charge in [-0.2, -0.15) is 17.2 Å². The van der Waals surface area contributed by atoms with E-state index in [0.717, 1.165) is 27.8 Å². The van der Waals surface area contributed by atoms with Gasteiger partial charge in [0.2, 0.25) is 0 Å². The van der Waals surface area contributed by atoms with E-state index in [0.29, 0.717) is 0 Å². The smallest absolute Gasteiger partial charge is 0.101 e. The molecule has 0 saturated carbocycles. The van der Waals surface area contributed by atoms with Gasteiger partial charge in [-0.25, -0.2) is 0 Å². The summed E-state index contributed by atoms with van der Waals surface area (Å²) in [5.74, 6) is 0. The number of hydrogen-bond acceptors (Lipinski definition) is 1. The first-order valence-electron chi connectivity index (χ1n) is 9.75. The molecule has 145 valence electrons. The van der Waals surface area contributed by atoms with Gasteiger partial charge in [-0.1, -0.05) is 78.9 Å². The number of benzene rings is 5. The van der Waals surface area contributed by atoms with Crippen LogP contribution < -0.4 is 0 Å². The van der Waals surface area contributed by atoms with Crippen LogP contribution in [0.3, 0.4) is 0 Å². The second kappa shape index (κ2) is 7.53. The van der Waals surface area contributed by atoms with Gasteiger partial charge < -0.3 is 0 Å². The molecular formula is C27H17IrN2-. The zero-order valence-corrected chi connectivity index (χ0v) is 18.4. The Morgan fingerprint density at radius 3 is 2.17 bits per heavy atom. The molecule has 0 unspecified atom stereocenters. The van der Waals surface area contributed by atoms with Crippen molar-refractivity contribution in [1.82, 2.24) is 9.78 Å². The van der Waals surface area contributed by atoms with Crippen molar-refractivity contribution < 1.29 is 20.1 Å². The molecule has 3 heteroatoms. The first-order valence-corrected chi connectivity index (χ1v) is 9.75. The molecular weight excluding hydrogens is 545 g/mol. The Hall–Kier alpha value is -3.26. The van der Waals surface area contributed by atoms with E-state index >= 15 is 0 Å². The first kappa shape index (κ1) is 18.7. The maximum atomic E-state index is 5.07. The fourth-order valence-corrected chi connectivity index (χ4v) is 4.12. The summed E-state index contributed by atoms with van der Waals surface area (Å²) in [7, 11) is 0. The van der Waals surface area contributed by atoms with Crippen molar-refractivity contribution in [2.24, 2.45) is 0 Å². The van der Waals surface area contributed by atoms with Gasteiger partial charge in [0.05, 0.1) is 5.52 Å². The van der Waals surface area contributed by atoms with Crippen molar-refractivity contribution in [2.45, 2.75) is 0 Å². The molecule has 0 aliphatic rings. The molecule has 0 N–H and O–H groups in total. The number of hydrogen-bond donors (Lipinski definition) is 0. The number of nitrogens with zero attached hydrogens (tertiary/aromatic N) is 2. The number of fused-ring (bicyclic) bond motifs is 3. The van der Waals surface area contributed by atoms with Crippen molar-refractivity contribution in [3.05, 3.63) is 109 Å². The zero-order valence-electron chi connectivity index (χ0n) is 16.0. The van der Waals surface area contributed by atoms with Gasteiger partial charge in [0.1, 0.15) is 5.69 Å². The van der Waals surface area contributed by atoms with Crippen molar-refractivity contribution in [2.75, 3.05) is 0 Å². The molecule has 2 nitrogen and oxygen atoms in total. The molecule has 0 aliphatic heterocycles. The molecule has 0 saturated heterocycles. The summed E-state index contributed by atoms with van der Waals surface area (Å²) in [6, 6.07) is 39.3. The molecule has 5 aromatic carbocycles. The number of para-hydroxylation sites is 1. The van der Waals surface area contributed by atoms with Gasteiger partial charge >= 0.3 is 0 Å². The van der Waals surface area contributed by atoms with Crippen LogP contribution in [0.4, 0.5) is 0 Å². The van der Waals surface area contributed by atoms with E-state index in [9.17, 15) is 0 Å². The van der Waals surface area contributed by atoms with Crippen molar-refractivity contribution >= 4 is 32.4 Å². The summed E-state index contributed by atoms with van der Waals surface area (Å²) < 4.78 is 2.01. The fraction of sp³-hybridized carbons (Fsp3) is 0. The largest absolute Gasteiger partial charge is 0.257 e. The summed E-state index contributed by atoms with van der Waals surface area (Å²) in [6.07, 6.45) is 0. The Balaban J connectivity index is 0.00000193. The van der Waals surface area contributed by atoms with Crippen LogP contribution in [0.1, 0.15) is 0 Å². The first-order chi connectivity index (χ1) is 14.4. The molecule has 0 bridgehead atoms. The maximum Gasteiger partial charge on any atom is 0.101 e. The molecule has 0 fully saturated rings. The molecule has 1 heterocycles. The number of aromatic nitrogens is 2. The molecule has 1 aromatic heterocycles. The van der Waals surface area contributed by atoms with Gasteiger partial charge in [0.15, 0.2) is 0 Å². The second-order valence-corrected chi connectivity index (χ2v) is 7.25. The predicted molar refractivity (Wildman–Crippen MR) is 120 cm³/mol. The third-order valence-corrected chi connectivity index (χ3v) is 5.52. The van der Waals surface area contributed by atoms with Crippen molar-refractivity contribution in [3.63, 3.8) is 0 Å². The van der Waals surface area contributed by atoms with E-state index in [1.807, 2.05) is 10.7 Å². The summed E-state index contributed by atoms with van der Waals surface area (Å²) in [5, 5.41) is 11.0. The molecule has 0 spiro atoms. The molecule has 1 radical (unpaired) electrons. The summed E-state index contributed by atoms with van der Waals surface area (Å²) in [5.41, 5.74) is 4.19. The Morgan fingerprint density at radius 2 is 1.30 bits per heavy atom. The molecule has 0 atom stereocenters. The molecule has 6 aromatic rings. The minimum Gasteiger partial charge on any atom is -0.257 e. The Labute approximate surface area is 188 Å². The Kier molecular flexibility index (Phi) is 4.71. The maximum absolute atomic E-state index is 5.07. The molecule has 6 rings (SSSR count). The topological polar surface area (TPSA) is 17.8 Å². The van der Waals surface area contributed by atoms with Gasteiger partial charge in [-0.3, -0.25) is 4.68 Å². The van der Waals surface area contributed by atoms with E-state index < -0.39 is 0 Å². The number of rotatable bonds is 2. The minimum absolute atomic E-state index is 0. The third-order valence-electron chi connectivity index (χ3n) is 5.52. The average Bonchev–Trinajstić information content (AvgIpc) is 3.18. The van der Waals surface area contributed by atoms with E-state index in [2.05, 4.69) is 103 Å². The SMILES string of the molecule is [Ir].[c-]1cc2ccccc2cc1-n1nc(-c2cccc3ccccc23)c2ccccc21. The zero-order chi connectivity index (χ0) is 19.2. The second-order valence-electron chi connectivity index (χ2n) is 7.25. The van der Waals surface area contributed by atoms with Crippen LogP contribution >= 0.6 is 0 Å². The summed E-state index contributed by atoms with van der Waals surface area (Å²) in [4.78, 5) is 0. The van der Waals surface area contributed by atoms with Crippen LogP contribution in [-0.2, 0) is 20.1 Å². The van der Waals surface area contributed by atoms with E-state index in [4.69, 9.17) is 5.10 Å². The summed E-state index contributed by atoms with van der Waals surface area (Å²) in [6.45, 7) is 0. The third kappa shape index (κ3) is 2.95. The van der Waals surface area contributed by atoms with E-state index in [-0.39, 0.29) is 20.1 Å². The van der Waals surface area contributed by atoms with Crippen LogP contribution in [-0.4, -0.2) is 9.78 Å². The Morgan fingerprint density at radius 1 is 0.633 bits per heavy atom. The van der Waals surface area contributed by atoms with Gasteiger partial charge in [0.25, 0.3) is 0 Å². The van der Waals surface area contributed by atoms with Crippen LogP contribution in [0.25, 0.3) is 49.4 Å². The van der Waals surface area contributed by atoms with Gasteiger partial charge in [-0.05, 0) is 22.5 Å². The fourth-order valence-electron chi connectivity index (χ4n) is 4.12. The molecule has 30 heavy (non-hydrogen) atoms. The standard InChI is InChI=1S/C27H17N2.Ir/c1-2-10-21-18-22(17-16-19(21)8-1)29-26-15-6-5-13-25(26)27(28-29)24-14-7-11-20-9-3-4-12-23(20)24;/h1-16,18H;/q-1;. The minimum atomic E-state index is 0. The van der Waals surface area contributed by atoms with Crippen LogP contribution in [0, 0.1) is 6.07 Å². The van der Waals surface area contributed by atoms with Crippen LogP contribution in [0.5, 0.6) is 0 Å². The van der Waals surface area contributed by atoms with E-state index in [1.54, 1.807) is 0 Å². The average molecular weight is 562 g/mol. The summed E-state index contributed by atoms with van der Waals surface area (Å²) >= 11 is 0. The quantitative estimate of drug-likeness (QED) is 0.213. The molecule has 0 amide bonds. The van der Waals surface area contributed by atoms with Crippen LogP contribution in [0.15, 0.2) is 103 Å². The molecule has 0 aliphatic carbocycles.